The van der Waals surface area contributed by atoms with Crippen LogP contribution >= 0.6 is 34.5 Å². The summed E-state index contributed by atoms with van der Waals surface area (Å²) in [6, 6.07) is 6.43. The van der Waals surface area contributed by atoms with Gasteiger partial charge < -0.3 is 14.4 Å². The van der Waals surface area contributed by atoms with Gasteiger partial charge in [0.1, 0.15) is 4.88 Å². The molecule has 0 fully saturated rings. The predicted molar refractivity (Wildman–Crippen MR) is 100 cm³/mol. The molecule has 0 spiro atoms. The van der Waals surface area contributed by atoms with Crippen molar-refractivity contribution in [1.82, 2.24) is 0 Å². The van der Waals surface area contributed by atoms with Crippen molar-refractivity contribution in [2.24, 2.45) is 0 Å². The molecule has 0 aliphatic heterocycles. The van der Waals surface area contributed by atoms with E-state index in [0.29, 0.717) is 27.8 Å². The van der Waals surface area contributed by atoms with Gasteiger partial charge >= 0.3 is 5.97 Å². The molecule has 134 valence electrons. The molecule has 0 radical (unpaired) electrons. The first-order valence-corrected chi connectivity index (χ1v) is 8.91. The topological polar surface area (TPSA) is 55.8 Å². The number of anilines is 1. The molecule has 1 amide bonds. The summed E-state index contributed by atoms with van der Waals surface area (Å²) < 4.78 is 9.93. The van der Waals surface area contributed by atoms with Gasteiger partial charge in [0.2, 0.25) is 0 Å². The molecule has 0 bridgehead atoms. The maximum atomic E-state index is 13.1. The van der Waals surface area contributed by atoms with Crippen LogP contribution in [0.25, 0.3) is 0 Å². The van der Waals surface area contributed by atoms with Gasteiger partial charge in [-0.3, -0.25) is 4.79 Å². The molecule has 5 nitrogen and oxygen atoms in total. The lowest BCUT2D eigenvalue weighted by atomic mass is 10.1. The van der Waals surface area contributed by atoms with Gasteiger partial charge in [-0.25, -0.2) is 4.79 Å². The van der Waals surface area contributed by atoms with Crippen LogP contribution in [0.3, 0.4) is 0 Å². The zero-order valence-electron chi connectivity index (χ0n) is 14.0. The molecular formula is C17H17Cl2NO4S. The first-order valence-electron chi connectivity index (χ1n) is 7.33. The Morgan fingerprint density at radius 2 is 1.92 bits per heavy atom. The van der Waals surface area contributed by atoms with Gasteiger partial charge in [-0.05, 0) is 31.2 Å². The number of rotatable bonds is 6. The number of carbonyl (C=O) groups excluding carboxylic acids is 2. The second kappa shape index (κ2) is 8.67. The Morgan fingerprint density at radius 1 is 1.20 bits per heavy atom. The van der Waals surface area contributed by atoms with Crippen molar-refractivity contribution in [3.05, 3.63) is 49.6 Å². The van der Waals surface area contributed by atoms with Crippen LogP contribution in [0.2, 0.25) is 10.0 Å². The average molecular weight is 402 g/mol. The Kier molecular flexibility index (Phi) is 6.84. The van der Waals surface area contributed by atoms with E-state index in [1.54, 1.807) is 18.2 Å². The molecule has 0 N–H and O–H groups in total. The fourth-order valence-electron chi connectivity index (χ4n) is 2.26. The SMILES string of the molecule is COCCN(C(=O)c1ccc(Cl)cc1Cl)c1cc(C)sc1C(=O)OC. The van der Waals surface area contributed by atoms with Crippen molar-refractivity contribution >= 4 is 52.1 Å². The largest absolute Gasteiger partial charge is 0.465 e. The molecule has 0 aliphatic carbocycles. The van der Waals surface area contributed by atoms with Crippen LogP contribution in [0.5, 0.6) is 0 Å². The summed E-state index contributed by atoms with van der Waals surface area (Å²) in [5.41, 5.74) is 0.768. The third-order valence-electron chi connectivity index (χ3n) is 3.42. The number of halogens is 2. The van der Waals surface area contributed by atoms with Crippen molar-refractivity contribution in [2.75, 3.05) is 32.3 Å². The van der Waals surface area contributed by atoms with Crippen molar-refractivity contribution in [1.29, 1.82) is 0 Å². The number of benzene rings is 1. The zero-order chi connectivity index (χ0) is 18.6. The van der Waals surface area contributed by atoms with Gasteiger partial charge in [0.15, 0.2) is 0 Å². The summed E-state index contributed by atoms with van der Waals surface area (Å²) in [6.45, 7) is 2.41. The number of methoxy groups -OCH3 is 2. The van der Waals surface area contributed by atoms with Gasteiger partial charge in [0.05, 0.1) is 30.0 Å². The second-order valence-corrected chi connectivity index (χ2v) is 7.24. The Morgan fingerprint density at radius 3 is 2.52 bits per heavy atom. The normalized spacial score (nSPS) is 10.6. The molecule has 0 unspecified atom stereocenters. The van der Waals surface area contributed by atoms with Crippen molar-refractivity contribution in [3.8, 4) is 0 Å². The third-order valence-corrected chi connectivity index (χ3v) is 4.99. The fourth-order valence-corrected chi connectivity index (χ4v) is 3.68. The molecule has 2 aromatic rings. The lowest BCUT2D eigenvalue weighted by Gasteiger charge is -2.23. The summed E-state index contributed by atoms with van der Waals surface area (Å²) >= 11 is 13.3. The fraction of sp³-hybridized carbons (Fsp3) is 0.294. The van der Waals surface area contributed by atoms with E-state index in [0.717, 1.165) is 4.88 Å². The van der Waals surface area contributed by atoms with E-state index in [1.165, 1.54) is 36.5 Å². The van der Waals surface area contributed by atoms with E-state index < -0.39 is 5.97 Å². The van der Waals surface area contributed by atoms with E-state index in [-0.39, 0.29) is 17.5 Å². The van der Waals surface area contributed by atoms with Crippen LogP contribution in [0.15, 0.2) is 24.3 Å². The summed E-state index contributed by atoms with van der Waals surface area (Å²) in [5, 5.41) is 0.679. The molecule has 1 heterocycles. The lowest BCUT2D eigenvalue weighted by molar-refractivity contribution is 0.0607. The number of nitrogens with zero attached hydrogens (tertiary/aromatic N) is 1. The maximum absolute atomic E-state index is 13.1. The highest BCUT2D eigenvalue weighted by Crippen LogP contribution is 2.33. The van der Waals surface area contributed by atoms with Crippen LogP contribution in [-0.2, 0) is 9.47 Å². The first kappa shape index (κ1) is 19.7. The van der Waals surface area contributed by atoms with Crippen LogP contribution in [0.4, 0.5) is 5.69 Å². The summed E-state index contributed by atoms with van der Waals surface area (Å²) in [4.78, 5) is 27.8. The number of hydrogen-bond donors (Lipinski definition) is 0. The van der Waals surface area contributed by atoms with Gasteiger partial charge in [-0.1, -0.05) is 23.2 Å². The van der Waals surface area contributed by atoms with Crippen molar-refractivity contribution in [3.63, 3.8) is 0 Å². The molecule has 0 atom stereocenters. The number of amides is 1. The van der Waals surface area contributed by atoms with E-state index in [1.807, 2.05) is 6.92 Å². The second-order valence-electron chi connectivity index (χ2n) is 5.14. The summed E-state index contributed by atoms with van der Waals surface area (Å²) in [5.74, 6) is -0.841. The Balaban J connectivity index is 2.49. The quantitative estimate of drug-likeness (QED) is 0.671. The zero-order valence-corrected chi connectivity index (χ0v) is 16.3. The Hall–Kier alpha value is -1.60. The predicted octanol–water partition coefficient (Wildman–Crippen LogP) is 4.44. The van der Waals surface area contributed by atoms with E-state index in [9.17, 15) is 9.59 Å². The molecule has 0 aliphatic rings. The molecule has 8 heteroatoms. The summed E-state index contributed by atoms with van der Waals surface area (Å²) in [7, 11) is 2.84. The number of carbonyl (C=O) groups is 2. The number of hydrogen-bond acceptors (Lipinski definition) is 5. The number of esters is 1. The molecule has 1 aromatic heterocycles. The van der Waals surface area contributed by atoms with Crippen LogP contribution in [0, 0.1) is 6.92 Å². The Labute approximate surface area is 160 Å². The minimum absolute atomic E-state index is 0.242. The summed E-state index contributed by atoms with van der Waals surface area (Å²) in [6.07, 6.45) is 0. The maximum Gasteiger partial charge on any atom is 0.350 e. The minimum atomic E-state index is -0.495. The Bertz CT molecular complexity index is 791. The average Bonchev–Trinajstić information content (AvgIpc) is 2.96. The molecule has 25 heavy (non-hydrogen) atoms. The van der Waals surface area contributed by atoms with Gasteiger partial charge in [0.25, 0.3) is 5.91 Å². The van der Waals surface area contributed by atoms with Crippen LogP contribution in [-0.4, -0.2) is 39.2 Å². The monoisotopic (exact) mass is 401 g/mol. The smallest absolute Gasteiger partial charge is 0.350 e. The third kappa shape index (κ3) is 4.52. The highest BCUT2D eigenvalue weighted by atomic mass is 35.5. The standard InChI is InChI=1S/C17H17Cl2NO4S/c1-10-8-14(15(25-10)17(22)24-3)20(6-7-23-2)16(21)12-5-4-11(18)9-13(12)19/h4-5,8-9H,6-7H2,1-3H3. The van der Waals surface area contributed by atoms with Gasteiger partial charge in [0, 0.05) is 23.6 Å². The van der Waals surface area contributed by atoms with Crippen molar-refractivity contribution < 1.29 is 19.1 Å². The number of thiophene rings is 1. The van der Waals surface area contributed by atoms with E-state index in [4.69, 9.17) is 32.7 Å². The molecule has 2 rings (SSSR count). The van der Waals surface area contributed by atoms with Gasteiger partial charge in [-0.2, -0.15) is 0 Å². The van der Waals surface area contributed by atoms with Crippen molar-refractivity contribution in [2.45, 2.75) is 6.92 Å². The first-order chi connectivity index (χ1) is 11.9. The van der Waals surface area contributed by atoms with E-state index >= 15 is 0 Å². The highest BCUT2D eigenvalue weighted by Gasteiger charge is 2.26. The molecule has 0 saturated heterocycles. The lowest BCUT2D eigenvalue weighted by Crippen LogP contribution is -2.34. The molecular weight excluding hydrogens is 385 g/mol. The minimum Gasteiger partial charge on any atom is -0.465 e. The van der Waals surface area contributed by atoms with E-state index in [2.05, 4.69) is 0 Å². The van der Waals surface area contributed by atoms with Crippen LogP contribution in [0.1, 0.15) is 24.9 Å². The van der Waals surface area contributed by atoms with Gasteiger partial charge in [-0.15, -0.1) is 11.3 Å². The molecule has 1 aromatic carbocycles. The number of ether oxygens (including phenoxy) is 2. The molecule has 0 saturated carbocycles. The van der Waals surface area contributed by atoms with Crippen LogP contribution < -0.4 is 4.90 Å². The number of aryl methyl sites for hydroxylation is 1. The highest BCUT2D eigenvalue weighted by molar-refractivity contribution is 7.14.